The molecule has 12 nitrogen and oxygen atoms in total. The van der Waals surface area contributed by atoms with Gasteiger partial charge in [-0.25, -0.2) is 0 Å². The molecule has 4 saturated heterocycles. The van der Waals surface area contributed by atoms with E-state index in [0.29, 0.717) is 47.3 Å². The average molecular weight is 2130 g/mol. The molecule has 4 heterocycles. The Balaban J connectivity index is -0.000000727. The summed E-state index contributed by atoms with van der Waals surface area (Å²) in [6.45, 7) is 71.3. The first-order valence-corrected chi connectivity index (χ1v) is 51.6. The number of halogens is 4. The van der Waals surface area contributed by atoms with Crippen LogP contribution in [0.15, 0.2) is 194 Å². The molecule has 4 aliphatic heterocycles. The van der Waals surface area contributed by atoms with E-state index in [0.717, 1.165) is 105 Å². The molecule has 12 rings (SSSR count). The minimum absolute atomic E-state index is 0. The number of nitrogens with zero attached hydrogens (tertiary/aromatic N) is 4. The van der Waals surface area contributed by atoms with E-state index < -0.39 is 32.9 Å². The number of hydrogen-bond acceptors (Lipinski definition) is 4. The van der Waals surface area contributed by atoms with Gasteiger partial charge in [0.15, 0.2) is 0 Å². The molecule has 0 bridgehead atoms. The molecule has 0 unspecified atom stereocenters. The Labute approximate surface area is 894 Å². The Morgan fingerprint density at radius 3 is 0.430 bits per heavy atom. The van der Waals surface area contributed by atoms with Gasteiger partial charge in [-0.05, 0) is 154 Å². The fraction of sp³-hybridized carbons (Fsp3) is 0.538. The number of ether oxygens (including phenoxy) is 4. The maximum absolute atomic E-state index is 5.44. The molecular formula is C104H164Br4Mg4N8O4P4+4. The van der Waals surface area contributed by atoms with Gasteiger partial charge in [-0.3, -0.25) is 0 Å². The molecule has 4 aliphatic rings. The Kier molecular flexibility index (Phi) is 81.6. The molecule has 696 valence electrons. The Morgan fingerprint density at radius 2 is 0.336 bits per heavy atom. The van der Waals surface area contributed by atoms with Gasteiger partial charge in [0.2, 0.25) is 0 Å². The van der Waals surface area contributed by atoms with Crippen LogP contribution in [0, 0.1) is 0 Å². The smallest absolute Gasteiger partial charge is 1.00 e. The third-order valence-corrected chi connectivity index (χ3v) is 31.6. The number of benzene rings is 8. The molecule has 0 radical (unpaired) electrons. The number of nitrogens with one attached hydrogen (secondary N) is 4. The molecule has 0 aromatic heterocycles. The first kappa shape index (κ1) is 134. The Hall–Kier alpha value is -0.655. The van der Waals surface area contributed by atoms with Crippen LogP contribution in [0.5, 0.6) is 0 Å². The zero-order valence-corrected chi connectivity index (χ0v) is 99.2. The molecule has 0 amide bonds. The summed E-state index contributed by atoms with van der Waals surface area (Å²) in [4.78, 5) is 0. The third-order valence-electron chi connectivity index (χ3n) is 21.9. The Morgan fingerprint density at radius 1 is 0.211 bits per heavy atom. The number of quaternary nitrogens is 4. The van der Waals surface area contributed by atoms with Crippen LogP contribution in [0.2, 0.25) is 0 Å². The van der Waals surface area contributed by atoms with E-state index in [1.54, 1.807) is 18.7 Å². The maximum atomic E-state index is 5.44. The zero-order valence-electron chi connectivity index (χ0n) is 83.6. The normalized spacial score (nSPS) is 13.8. The monoisotopic (exact) mass is 2120 g/mol. The van der Waals surface area contributed by atoms with Crippen molar-refractivity contribution in [1.29, 1.82) is 0 Å². The zero-order chi connectivity index (χ0) is 87.7. The molecule has 128 heavy (non-hydrogen) atoms. The summed E-state index contributed by atoms with van der Waals surface area (Å²) in [6.07, 6.45) is 10.2. The second kappa shape index (κ2) is 78.2. The van der Waals surface area contributed by atoms with Gasteiger partial charge < -0.3 is 126 Å². The summed E-state index contributed by atoms with van der Waals surface area (Å²) in [5.74, 6) is 3.87. The third kappa shape index (κ3) is 46.9. The molecule has 4 atom stereocenters. The topological polar surface area (TPSA) is 111 Å². The quantitative estimate of drug-likeness (QED) is 0.0249. The van der Waals surface area contributed by atoms with Gasteiger partial charge in [0, 0.05) is 74.1 Å². The van der Waals surface area contributed by atoms with Crippen LogP contribution >= 0.6 is 32.9 Å². The van der Waals surface area contributed by atoms with E-state index in [9.17, 15) is 0 Å². The van der Waals surface area contributed by atoms with Gasteiger partial charge in [-0.2, -0.15) is 0 Å². The van der Waals surface area contributed by atoms with Crippen LogP contribution in [-0.2, 0) is 18.9 Å². The number of hydrogen-bond donors (Lipinski definition) is 4. The van der Waals surface area contributed by atoms with Crippen molar-refractivity contribution in [2.45, 2.75) is 265 Å². The van der Waals surface area contributed by atoms with Crippen molar-refractivity contribution in [2.75, 3.05) is 105 Å². The average Bonchev–Trinajstić information content (AvgIpc) is 1.30. The van der Waals surface area contributed by atoms with Crippen molar-refractivity contribution < 1.29 is 106 Å². The van der Waals surface area contributed by atoms with Crippen molar-refractivity contribution in [3.05, 3.63) is 259 Å². The number of rotatable bonds is 32. The van der Waals surface area contributed by atoms with Crippen molar-refractivity contribution in [3.63, 3.8) is 0 Å². The standard InChI is InChI=1S/4C22H32N2P.4C4H8O.4BrH.4Mg/c4*1-7-24(8-2)25(19-13-10-9-11-14-19)23-22-20(17(3)4)15-12-16-21(22)18(5)6;4*1-2-4-5-3-1;;;;;;;;/h4*9-18H,7-8H2,1-6H3;4*1-4H2;4*1H;;;;/q4*-1;;;;;;;;;4*+2/t4*25-;;;;;;;;;;;;/m1100............/s1. The van der Waals surface area contributed by atoms with Crippen LogP contribution < -0.4 is 108 Å². The molecule has 24 heteroatoms. The summed E-state index contributed by atoms with van der Waals surface area (Å²) in [7, 11) is -2.54. The predicted octanol–water partition coefficient (Wildman–Crippen LogP) is 11.7. The fourth-order valence-electron chi connectivity index (χ4n) is 14.7. The molecule has 0 spiro atoms. The largest absolute Gasteiger partial charge is 2.00 e. The van der Waals surface area contributed by atoms with Crippen molar-refractivity contribution in [2.24, 2.45) is 0 Å². The SMILES string of the molecule is C1CCOC1.C1CCOC1.C1CCOC1.C1CCOC1.CC[NH+](CC)[P@@]([N-]c1c(C(C)C)cccc1C(C)C)c1ccccc1.CC[NH+](CC)[P@@]([N-]c1c(C(C)C)cccc1C(C)C)c1ccccc1.CC[NH+](CC)[P@]([N-]c1c(C(C)C)cccc1C(C)C)c1ccccc1.CC[NH+](CC)[P@]([N-]c1c(C(C)C)cccc1C(C)C)c1ccccc1.[Br-].[Br-].[Br-].[Br-].[Mg+2].[Mg+2].[Mg+2].[Mg+2]. The molecule has 4 N–H and O–H groups in total. The van der Waals surface area contributed by atoms with Crippen LogP contribution in [0.25, 0.3) is 20.3 Å². The molecule has 4 fully saturated rings. The van der Waals surface area contributed by atoms with E-state index in [1.165, 1.54) is 140 Å². The summed E-state index contributed by atoms with van der Waals surface area (Å²) >= 11 is 0. The molecule has 8 aromatic carbocycles. The van der Waals surface area contributed by atoms with E-state index in [4.69, 9.17) is 39.3 Å². The van der Waals surface area contributed by atoms with Crippen molar-refractivity contribution in [3.8, 4) is 0 Å². The molecule has 0 saturated carbocycles. The second-order valence-corrected chi connectivity index (χ2v) is 41.6. The molecular weight excluding hydrogens is 1970 g/mol. The summed E-state index contributed by atoms with van der Waals surface area (Å²) < 4.78 is 26.0. The van der Waals surface area contributed by atoms with Crippen LogP contribution in [-0.4, -0.2) is 197 Å². The van der Waals surface area contributed by atoms with Gasteiger partial charge in [0.05, 0.1) is 85.3 Å². The minimum Gasteiger partial charge on any atom is -1.00 e. The van der Waals surface area contributed by atoms with Crippen LogP contribution in [0.3, 0.4) is 0 Å². The van der Waals surface area contributed by atoms with Gasteiger partial charge >= 0.3 is 92.2 Å². The van der Waals surface area contributed by atoms with Gasteiger partial charge in [0.25, 0.3) is 0 Å². The summed E-state index contributed by atoms with van der Waals surface area (Å²) in [6, 6.07) is 70.3. The Bertz CT molecular complexity index is 3320. The first-order chi connectivity index (χ1) is 58.0. The van der Waals surface area contributed by atoms with E-state index >= 15 is 0 Å². The van der Waals surface area contributed by atoms with E-state index in [1.807, 2.05) is 0 Å². The van der Waals surface area contributed by atoms with Crippen LogP contribution in [0.4, 0.5) is 22.7 Å². The van der Waals surface area contributed by atoms with E-state index in [2.05, 4.69) is 360 Å². The molecule has 0 aliphatic carbocycles. The minimum atomic E-state index is -0.636. The van der Waals surface area contributed by atoms with Gasteiger partial charge in [-0.1, -0.05) is 349 Å². The fourth-order valence-corrected chi connectivity index (χ4v) is 23.1. The van der Waals surface area contributed by atoms with Crippen LogP contribution in [0.1, 0.15) is 309 Å². The first-order valence-electron chi connectivity index (χ1n) is 46.4. The summed E-state index contributed by atoms with van der Waals surface area (Å²) in [5, 5.41) is 27.2. The molecule has 8 aromatic rings. The second-order valence-electron chi connectivity index (χ2n) is 33.7. The van der Waals surface area contributed by atoms with Gasteiger partial charge in [0.1, 0.15) is 0 Å². The van der Waals surface area contributed by atoms with Gasteiger partial charge in [-0.15, -0.1) is 22.7 Å². The predicted molar refractivity (Wildman–Crippen MR) is 554 cm³/mol. The van der Waals surface area contributed by atoms with Crippen molar-refractivity contribution >= 4 is 169 Å². The maximum Gasteiger partial charge on any atom is 2.00 e. The summed E-state index contributed by atoms with van der Waals surface area (Å²) in [5.41, 5.74) is 16.0. The van der Waals surface area contributed by atoms with E-state index in [-0.39, 0.29) is 160 Å². The van der Waals surface area contributed by atoms with Crippen molar-refractivity contribution in [1.82, 2.24) is 0 Å².